The average Bonchev–Trinajstić information content (AvgIpc) is 2.19. The molecule has 1 heteroatoms. The second-order valence-corrected chi connectivity index (χ2v) is 5.44. The van der Waals surface area contributed by atoms with Gasteiger partial charge in [0, 0.05) is 5.33 Å². The molecule has 0 heterocycles. The molecule has 78 valence electrons. The van der Waals surface area contributed by atoms with E-state index >= 15 is 0 Å². The molecular weight excluding hydrogens is 224 g/mol. The number of alkyl halides is 1. The number of rotatable bonds is 4. The molecule has 0 N–H and O–H groups in total. The lowest BCUT2D eigenvalue weighted by Gasteiger charge is -2.28. The lowest BCUT2D eigenvalue weighted by Crippen LogP contribution is -2.17. The smallest absolute Gasteiger partial charge is 0.00596 e. The standard InChI is InChI=1S/C12H23Br/c1-3-10(2)8-11-4-6-12(9-13)7-5-11/h10-12H,3-9H2,1-2H3/t10?,11-,12-. The van der Waals surface area contributed by atoms with Gasteiger partial charge in [0.2, 0.25) is 0 Å². The van der Waals surface area contributed by atoms with E-state index in [1.165, 1.54) is 43.9 Å². The van der Waals surface area contributed by atoms with E-state index in [9.17, 15) is 0 Å². The fourth-order valence-electron chi connectivity index (χ4n) is 2.36. The van der Waals surface area contributed by atoms with Gasteiger partial charge < -0.3 is 0 Å². The van der Waals surface area contributed by atoms with E-state index in [1.807, 2.05) is 0 Å². The average molecular weight is 247 g/mol. The molecule has 0 aliphatic heterocycles. The predicted molar refractivity (Wildman–Crippen MR) is 63.3 cm³/mol. The lowest BCUT2D eigenvalue weighted by atomic mass is 9.78. The fraction of sp³-hybridized carbons (Fsp3) is 1.00. The van der Waals surface area contributed by atoms with Gasteiger partial charge >= 0.3 is 0 Å². The summed E-state index contributed by atoms with van der Waals surface area (Å²) in [5, 5.41) is 1.23. The van der Waals surface area contributed by atoms with Crippen molar-refractivity contribution in [1.82, 2.24) is 0 Å². The third-order valence-electron chi connectivity index (χ3n) is 3.62. The van der Waals surface area contributed by atoms with Gasteiger partial charge in [0.1, 0.15) is 0 Å². The van der Waals surface area contributed by atoms with Gasteiger partial charge in [-0.15, -0.1) is 0 Å². The van der Waals surface area contributed by atoms with E-state index in [-0.39, 0.29) is 0 Å². The van der Waals surface area contributed by atoms with Gasteiger partial charge in [-0.05, 0) is 37.0 Å². The van der Waals surface area contributed by atoms with Crippen molar-refractivity contribution in [3.05, 3.63) is 0 Å². The highest BCUT2D eigenvalue weighted by molar-refractivity contribution is 9.09. The Hall–Kier alpha value is 0.480. The zero-order chi connectivity index (χ0) is 9.68. The summed E-state index contributed by atoms with van der Waals surface area (Å²) in [4.78, 5) is 0. The Bertz CT molecular complexity index is 125. The maximum Gasteiger partial charge on any atom is 0.00596 e. The van der Waals surface area contributed by atoms with Gasteiger partial charge in [0.25, 0.3) is 0 Å². The Labute approximate surface area is 91.6 Å². The summed E-state index contributed by atoms with van der Waals surface area (Å²) in [6.45, 7) is 4.71. The molecule has 0 spiro atoms. The molecule has 0 amide bonds. The van der Waals surface area contributed by atoms with Crippen molar-refractivity contribution in [2.24, 2.45) is 17.8 Å². The summed E-state index contributed by atoms with van der Waals surface area (Å²) in [5.41, 5.74) is 0. The minimum atomic E-state index is 0.950. The molecule has 1 rings (SSSR count). The van der Waals surface area contributed by atoms with Crippen LogP contribution in [-0.4, -0.2) is 5.33 Å². The van der Waals surface area contributed by atoms with Crippen molar-refractivity contribution >= 4 is 15.9 Å². The van der Waals surface area contributed by atoms with Crippen molar-refractivity contribution in [1.29, 1.82) is 0 Å². The molecule has 0 nitrogen and oxygen atoms in total. The second-order valence-electron chi connectivity index (χ2n) is 4.79. The molecule has 0 aromatic carbocycles. The van der Waals surface area contributed by atoms with Crippen molar-refractivity contribution in [3.8, 4) is 0 Å². The second kappa shape index (κ2) is 6.06. The number of hydrogen-bond donors (Lipinski definition) is 0. The molecule has 0 saturated heterocycles. The number of halogens is 1. The predicted octanol–water partition coefficient (Wildman–Crippen LogP) is 4.62. The maximum atomic E-state index is 3.60. The molecule has 1 aliphatic carbocycles. The van der Waals surface area contributed by atoms with Gasteiger partial charge in [-0.1, -0.05) is 49.0 Å². The third kappa shape index (κ3) is 4.01. The summed E-state index contributed by atoms with van der Waals surface area (Å²) in [5.74, 6) is 2.98. The molecule has 1 fully saturated rings. The van der Waals surface area contributed by atoms with Crippen LogP contribution < -0.4 is 0 Å². The molecule has 0 radical (unpaired) electrons. The summed E-state index contributed by atoms with van der Waals surface area (Å²) in [6, 6.07) is 0. The Kier molecular flexibility index (Phi) is 5.38. The van der Waals surface area contributed by atoms with Gasteiger partial charge in [0.05, 0.1) is 0 Å². The van der Waals surface area contributed by atoms with E-state index in [2.05, 4.69) is 29.8 Å². The zero-order valence-electron chi connectivity index (χ0n) is 9.06. The first-order chi connectivity index (χ1) is 6.26. The zero-order valence-corrected chi connectivity index (χ0v) is 10.6. The SMILES string of the molecule is CCC(C)C[C@H]1CC[C@H](CBr)CC1. The highest BCUT2D eigenvalue weighted by atomic mass is 79.9. The van der Waals surface area contributed by atoms with E-state index in [0.29, 0.717) is 0 Å². The molecule has 1 aliphatic rings. The van der Waals surface area contributed by atoms with Crippen molar-refractivity contribution in [3.63, 3.8) is 0 Å². The Morgan fingerprint density at radius 3 is 2.15 bits per heavy atom. The van der Waals surface area contributed by atoms with Crippen LogP contribution in [0.5, 0.6) is 0 Å². The first-order valence-corrected chi connectivity index (χ1v) is 6.94. The van der Waals surface area contributed by atoms with Crippen LogP contribution in [0.2, 0.25) is 0 Å². The molecule has 1 atom stereocenters. The van der Waals surface area contributed by atoms with Gasteiger partial charge in [0.15, 0.2) is 0 Å². The Morgan fingerprint density at radius 1 is 1.15 bits per heavy atom. The summed E-state index contributed by atoms with van der Waals surface area (Å²) < 4.78 is 0. The van der Waals surface area contributed by atoms with Crippen molar-refractivity contribution in [2.45, 2.75) is 52.4 Å². The Balaban J connectivity index is 2.17. The normalized spacial score (nSPS) is 31.6. The van der Waals surface area contributed by atoms with Gasteiger partial charge in [-0.25, -0.2) is 0 Å². The monoisotopic (exact) mass is 246 g/mol. The van der Waals surface area contributed by atoms with Crippen LogP contribution in [0.15, 0.2) is 0 Å². The summed E-state index contributed by atoms with van der Waals surface area (Å²) in [7, 11) is 0. The highest BCUT2D eigenvalue weighted by Gasteiger charge is 2.21. The molecule has 0 bridgehead atoms. The Morgan fingerprint density at radius 2 is 1.69 bits per heavy atom. The van der Waals surface area contributed by atoms with Crippen molar-refractivity contribution < 1.29 is 0 Å². The van der Waals surface area contributed by atoms with Crippen LogP contribution in [-0.2, 0) is 0 Å². The number of hydrogen-bond acceptors (Lipinski definition) is 0. The van der Waals surface area contributed by atoms with Crippen LogP contribution in [0.3, 0.4) is 0 Å². The molecule has 1 saturated carbocycles. The minimum absolute atomic E-state index is 0.950. The lowest BCUT2D eigenvalue weighted by molar-refractivity contribution is 0.252. The van der Waals surface area contributed by atoms with Crippen LogP contribution in [0, 0.1) is 17.8 Å². The summed E-state index contributed by atoms with van der Waals surface area (Å²) in [6.07, 6.45) is 8.74. The van der Waals surface area contributed by atoms with E-state index in [4.69, 9.17) is 0 Å². The quantitative estimate of drug-likeness (QED) is 0.635. The van der Waals surface area contributed by atoms with Crippen LogP contribution in [0.4, 0.5) is 0 Å². The van der Waals surface area contributed by atoms with Crippen LogP contribution in [0.1, 0.15) is 52.4 Å². The highest BCUT2D eigenvalue weighted by Crippen LogP contribution is 2.33. The molecule has 0 aromatic rings. The first-order valence-electron chi connectivity index (χ1n) is 5.82. The van der Waals surface area contributed by atoms with Gasteiger partial charge in [-0.3, -0.25) is 0 Å². The van der Waals surface area contributed by atoms with E-state index in [1.54, 1.807) is 0 Å². The molecule has 1 unspecified atom stereocenters. The first kappa shape index (κ1) is 11.6. The van der Waals surface area contributed by atoms with Crippen LogP contribution in [0.25, 0.3) is 0 Å². The van der Waals surface area contributed by atoms with Gasteiger partial charge in [-0.2, -0.15) is 0 Å². The minimum Gasteiger partial charge on any atom is -0.0925 e. The van der Waals surface area contributed by atoms with E-state index in [0.717, 1.165) is 17.8 Å². The molecule has 13 heavy (non-hydrogen) atoms. The third-order valence-corrected chi connectivity index (χ3v) is 4.53. The molecular formula is C12H23Br. The maximum absolute atomic E-state index is 3.60. The largest absolute Gasteiger partial charge is 0.0925 e. The topological polar surface area (TPSA) is 0 Å². The fourth-order valence-corrected chi connectivity index (χ4v) is 3.00. The summed E-state index contributed by atoms with van der Waals surface area (Å²) >= 11 is 3.60. The molecule has 0 aromatic heterocycles. The van der Waals surface area contributed by atoms with Crippen molar-refractivity contribution in [2.75, 3.05) is 5.33 Å². The van der Waals surface area contributed by atoms with Crippen LogP contribution >= 0.6 is 15.9 Å². The van der Waals surface area contributed by atoms with E-state index < -0.39 is 0 Å².